The molecule has 0 radical (unpaired) electrons. The maximum atomic E-state index is 12.8. The molecule has 140 valence electrons. The van der Waals surface area contributed by atoms with Crippen molar-refractivity contribution in [1.82, 2.24) is 24.1 Å². The Morgan fingerprint density at radius 1 is 1.18 bits per heavy atom. The Morgan fingerprint density at radius 3 is 2.86 bits per heavy atom. The van der Waals surface area contributed by atoms with Gasteiger partial charge in [-0.25, -0.2) is 14.5 Å². The summed E-state index contributed by atoms with van der Waals surface area (Å²) in [5, 5.41) is 7.29. The van der Waals surface area contributed by atoms with Crippen LogP contribution in [0.2, 0.25) is 0 Å². The second kappa shape index (κ2) is 6.60. The highest BCUT2D eigenvalue weighted by atomic mass is 16.1. The minimum Gasteiger partial charge on any atom is -0.334 e. The minimum absolute atomic E-state index is 0.212. The lowest BCUT2D eigenvalue weighted by Crippen LogP contribution is -2.13. The van der Waals surface area contributed by atoms with Gasteiger partial charge in [-0.15, -0.1) is 0 Å². The molecule has 7 heteroatoms. The molecule has 0 aliphatic carbocycles. The van der Waals surface area contributed by atoms with Crippen LogP contribution in [0.25, 0.3) is 16.9 Å². The van der Waals surface area contributed by atoms with Crippen molar-refractivity contribution in [3.8, 4) is 11.3 Å². The number of carbonyl (C=O) groups is 1. The third kappa shape index (κ3) is 2.85. The van der Waals surface area contributed by atoms with E-state index in [4.69, 9.17) is 4.98 Å². The average molecular weight is 372 g/mol. The van der Waals surface area contributed by atoms with Crippen molar-refractivity contribution in [3.05, 3.63) is 66.0 Å². The monoisotopic (exact) mass is 372 g/mol. The lowest BCUT2D eigenvalue weighted by Gasteiger charge is -2.11. The molecule has 0 unspecified atom stereocenters. The number of fused-ring (bicyclic) bond motifs is 2. The molecular weight excluding hydrogens is 352 g/mol. The summed E-state index contributed by atoms with van der Waals surface area (Å²) < 4.78 is 3.86. The Labute approximate surface area is 162 Å². The number of amides is 1. The van der Waals surface area contributed by atoms with E-state index in [-0.39, 0.29) is 5.91 Å². The number of rotatable bonds is 3. The summed E-state index contributed by atoms with van der Waals surface area (Å²) in [5.74, 6) is 0.950. The number of nitrogens with one attached hydrogen (secondary N) is 1. The van der Waals surface area contributed by atoms with Gasteiger partial charge in [0, 0.05) is 42.8 Å². The number of nitrogens with zero attached hydrogens (tertiary/aromatic N) is 5. The van der Waals surface area contributed by atoms with Gasteiger partial charge in [-0.05, 0) is 38.0 Å². The molecule has 4 aromatic rings. The van der Waals surface area contributed by atoms with Crippen LogP contribution in [0.1, 0.15) is 34.7 Å². The molecule has 0 saturated heterocycles. The van der Waals surface area contributed by atoms with Crippen molar-refractivity contribution in [2.24, 2.45) is 0 Å². The zero-order valence-corrected chi connectivity index (χ0v) is 15.6. The van der Waals surface area contributed by atoms with Crippen LogP contribution in [-0.4, -0.2) is 30.1 Å². The maximum absolute atomic E-state index is 12.8. The molecule has 0 atom stereocenters. The number of carbonyl (C=O) groups excluding carboxylic acids is 1. The highest BCUT2D eigenvalue weighted by Gasteiger charge is 2.18. The normalized spacial score (nSPS) is 13.5. The highest BCUT2D eigenvalue weighted by molar-refractivity contribution is 6.09. The van der Waals surface area contributed by atoms with E-state index < -0.39 is 0 Å². The van der Waals surface area contributed by atoms with Gasteiger partial charge in [0.25, 0.3) is 5.91 Å². The number of imidazole rings is 1. The Balaban J connectivity index is 1.38. The Hall–Kier alpha value is -3.48. The van der Waals surface area contributed by atoms with Crippen molar-refractivity contribution in [2.45, 2.75) is 32.7 Å². The van der Waals surface area contributed by atoms with Gasteiger partial charge >= 0.3 is 0 Å². The summed E-state index contributed by atoms with van der Waals surface area (Å²) in [7, 11) is 0. The Bertz CT molecular complexity index is 1150. The van der Waals surface area contributed by atoms with Gasteiger partial charge in [0.15, 0.2) is 5.65 Å². The fourth-order valence-electron chi connectivity index (χ4n) is 3.73. The zero-order valence-electron chi connectivity index (χ0n) is 15.6. The van der Waals surface area contributed by atoms with Gasteiger partial charge in [-0.2, -0.15) is 5.10 Å². The van der Waals surface area contributed by atoms with Crippen molar-refractivity contribution >= 4 is 17.2 Å². The highest BCUT2D eigenvalue weighted by Crippen LogP contribution is 2.24. The van der Waals surface area contributed by atoms with Crippen LogP contribution in [0.15, 0.2) is 48.9 Å². The Kier molecular flexibility index (Phi) is 3.93. The molecule has 1 aliphatic heterocycles. The number of benzene rings is 1. The molecule has 0 bridgehead atoms. The Morgan fingerprint density at radius 2 is 2.04 bits per heavy atom. The van der Waals surface area contributed by atoms with Gasteiger partial charge < -0.3 is 9.88 Å². The number of hydrogen-bond donors (Lipinski definition) is 1. The summed E-state index contributed by atoms with van der Waals surface area (Å²) in [6, 6.07) is 9.57. The summed E-state index contributed by atoms with van der Waals surface area (Å²) in [6.45, 7) is 2.86. The molecule has 5 rings (SSSR count). The average Bonchev–Trinajstić information content (AvgIpc) is 3.28. The lowest BCUT2D eigenvalue weighted by atomic mass is 10.1. The summed E-state index contributed by atoms with van der Waals surface area (Å²) in [6.07, 6.45) is 9.03. The molecule has 1 N–H and O–H groups in total. The number of aromatic nitrogens is 5. The number of anilines is 1. The van der Waals surface area contributed by atoms with Crippen LogP contribution in [-0.2, 0) is 13.0 Å². The van der Waals surface area contributed by atoms with Crippen LogP contribution >= 0.6 is 0 Å². The van der Waals surface area contributed by atoms with Gasteiger partial charge in [0.2, 0.25) is 0 Å². The third-order valence-corrected chi connectivity index (χ3v) is 5.14. The van der Waals surface area contributed by atoms with Crippen LogP contribution < -0.4 is 5.32 Å². The van der Waals surface area contributed by atoms with Crippen LogP contribution in [0.5, 0.6) is 0 Å². The molecule has 0 fully saturated rings. The predicted molar refractivity (Wildman–Crippen MR) is 106 cm³/mol. The van der Waals surface area contributed by atoms with E-state index in [9.17, 15) is 4.79 Å². The molecule has 1 aromatic carbocycles. The second-order valence-corrected chi connectivity index (χ2v) is 7.07. The quantitative estimate of drug-likeness (QED) is 0.597. The van der Waals surface area contributed by atoms with Crippen molar-refractivity contribution in [1.29, 1.82) is 0 Å². The van der Waals surface area contributed by atoms with Crippen molar-refractivity contribution in [2.75, 3.05) is 5.32 Å². The zero-order chi connectivity index (χ0) is 19.1. The second-order valence-electron chi connectivity index (χ2n) is 7.07. The molecule has 1 amide bonds. The first kappa shape index (κ1) is 16.7. The molecule has 1 aliphatic rings. The number of aryl methyl sites for hydroxylation is 3. The van der Waals surface area contributed by atoms with Crippen LogP contribution in [0, 0.1) is 6.92 Å². The summed E-state index contributed by atoms with van der Waals surface area (Å²) in [4.78, 5) is 21.8. The first-order chi connectivity index (χ1) is 13.7. The molecule has 0 saturated carbocycles. The van der Waals surface area contributed by atoms with Crippen molar-refractivity contribution in [3.63, 3.8) is 0 Å². The lowest BCUT2D eigenvalue weighted by molar-refractivity contribution is 0.102. The topological polar surface area (TPSA) is 77.1 Å². The van der Waals surface area contributed by atoms with E-state index in [2.05, 4.69) is 26.2 Å². The molecule has 0 spiro atoms. The molecule has 4 heterocycles. The molecular formula is C21H20N6O. The predicted octanol–water partition coefficient (Wildman–Crippen LogP) is 3.49. The summed E-state index contributed by atoms with van der Waals surface area (Å²) in [5.41, 5.74) is 4.46. The van der Waals surface area contributed by atoms with Gasteiger partial charge in [-0.1, -0.05) is 12.1 Å². The molecule has 7 nitrogen and oxygen atoms in total. The third-order valence-electron chi connectivity index (χ3n) is 5.14. The van der Waals surface area contributed by atoms with Gasteiger partial charge in [0.05, 0.1) is 11.4 Å². The fourth-order valence-corrected chi connectivity index (χ4v) is 3.73. The molecule has 3 aromatic heterocycles. The largest absolute Gasteiger partial charge is 0.334 e. The van der Waals surface area contributed by atoms with E-state index in [0.717, 1.165) is 35.7 Å². The van der Waals surface area contributed by atoms with Gasteiger partial charge in [0.1, 0.15) is 11.4 Å². The van der Waals surface area contributed by atoms with Gasteiger partial charge in [-0.3, -0.25) is 4.79 Å². The van der Waals surface area contributed by atoms with E-state index in [0.29, 0.717) is 16.9 Å². The SMILES string of the molecule is Cc1nn2cccnc2c1C(=O)Nc1ccc(-c2cn3c(n2)CCCC3)cc1. The summed E-state index contributed by atoms with van der Waals surface area (Å²) >= 11 is 0. The van der Waals surface area contributed by atoms with E-state index in [1.807, 2.05) is 31.2 Å². The van der Waals surface area contributed by atoms with Crippen molar-refractivity contribution < 1.29 is 4.79 Å². The first-order valence-electron chi connectivity index (χ1n) is 9.47. The minimum atomic E-state index is -0.212. The van der Waals surface area contributed by atoms with E-state index >= 15 is 0 Å². The van der Waals surface area contributed by atoms with Crippen LogP contribution in [0.3, 0.4) is 0 Å². The first-order valence-corrected chi connectivity index (χ1v) is 9.47. The standard InChI is InChI=1S/C21H20N6O/c1-14-19(20-22-10-4-12-27(20)25-14)21(28)23-16-8-6-15(7-9-16)17-13-26-11-3-2-5-18(26)24-17/h4,6-10,12-13H,2-3,5,11H2,1H3,(H,23,28). The van der Waals surface area contributed by atoms with E-state index in [1.54, 1.807) is 23.0 Å². The maximum Gasteiger partial charge on any atom is 0.261 e. The van der Waals surface area contributed by atoms with E-state index in [1.165, 1.54) is 12.8 Å². The smallest absolute Gasteiger partial charge is 0.261 e. The van der Waals surface area contributed by atoms with Crippen LogP contribution in [0.4, 0.5) is 5.69 Å². The molecule has 28 heavy (non-hydrogen) atoms. The number of hydrogen-bond acceptors (Lipinski definition) is 4. The fraction of sp³-hybridized carbons (Fsp3) is 0.238.